The number of allylic oxidation sites excluding steroid dienone is 3. The van der Waals surface area contributed by atoms with E-state index < -0.39 is 0 Å². The first-order valence-corrected chi connectivity index (χ1v) is 13.3. The molecule has 1 nitrogen and oxygen atoms in total. The first-order chi connectivity index (χ1) is 14.3. The predicted molar refractivity (Wildman–Crippen MR) is 128 cm³/mol. The molecular formula is C29H48O. The summed E-state index contributed by atoms with van der Waals surface area (Å²) in [7, 11) is 0. The molecule has 0 aromatic heterocycles. The maximum atomic E-state index is 10.2. The molecule has 0 aromatic rings. The van der Waals surface area contributed by atoms with Gasteiger partial charge >= 0.3 is 0 Å². The second kappa shape index (κ2) is 8.76. The largest absolute Gasteiger partial charge is 0.393 e. The Morgan fingerprint density at radius 1 is 1.10 bits per heavy atom. The number of rotatable bonds is 6. The van der Waals surface area contributed by atoms with Gasteiger partial charge in [-0.2, -0.15) is 0 Å². The Balaban J connectivity index is 1.42. The van der Waals surface area contributed by atoms with E-state index in [1.807, 2.05) is 0 Å². The van der Waals surface area contributed by atoms with Gasteiger partial charge in [0.25, 0.3) is 0 Å². The lowest BCUT2D eigenvalue weighted by Gasteiger charge is -2.58. The topological polar surface area (TPSA) is 20.2 Å². The first kappa shape index (κ1) is 22.6. The van der Waals surface area contributed by atoms with Crippen molar-refractivity contribution in [1.29, 1.82) is 0 Å². The van der Waals surface area contributed by atoms with E-state index >= 15 is 0 Å². The summed E-state index contributed by atoms with van der Waals surface area (Å²) in [5, 5.41) is 10.2. The molecule has 0 saturated heterocycles. The zero-order valence-electron chi connectivity index (χ0n) is 20.5. The molecule has 170 valence electrons. The van der Waals surface area contributed by atoms with Crippen molar-refractivity contribution in [3.63, 3.8) is 0 Å². The van der Waals surface area contributed by atoms with Crippen LogP contribution >= 0.6 is 0 Å². The number of fused-ring (bicyclic) bond motifs is 5. The molecule has 3 saturated carbocycles. The Bertz CT molecular complexity index is 659. The Labute approximate surface area is 186 Å². The van der Waals surface area contributed by atoms with Crippen molar-refractivity contribution in [2.75, 3.05) is 0 Å². The van der Waals surface area contributed by atoms with Crippen LogP contribution in [0.4, 0.5) is 0 Å². The molecule has 0 aliphatic heterocycles. The maximum absolute atomic E-state index is 10.2. The van der Waals surface area contributed by atoms with E-state index in [2.05, 4.69) is 52.8 Å². The molecule has 30 heavy (non-hydrogen) atoms. The molecule has 8 atom stereocenters. The molecule has 1 heteroatoms. The van der Waals surface area contributed by atoms with E-state index in [9.17, 15) is 5.11 Å². The van der Waals surface area contributed by atoms with Crippen molar-refractivity contribution >= 4 is 0 Å². The summed E-state index contributed by atoms with van der Waals surface area (Å²) in [6, 6.07) is 0. The Morgan fingerprint density at radius 2 is 1.90 bits per heavy atom. The van der Waals surface area contributed by atoms with Gasteiger partial charge in [-0.3, -0.25) is 0 Å². The third-order valence-corrected chi connectivity index (χ3v) is 10.7. The lowest BCUT2D eigenvalue weighted by atomic mass is 9.47. The van der Waals surface area contributed by atoms with Gasteiger partial charge in [-0.15, -0.1) is 0 Å². The lowest BCUT2D eigenvalue weighted by molar-refractivity contribution is -0.0505. The van der Waals surface area contributed by atoms with Gasteiger partial charge in [-0.25, -0.2) is 0 Å². The smallest absolute Gasteiger partial charge is 0.0577 e. The first-order valence-electron chi connectivity index (χ1n) is 13.3. The van der Waals surface area contributed by atoms with Crippen LogP contribution in [0.2, 0.25) is 0 Å². The average Bonchev–Trinajstić information content (AvgIpc) is 3.04. The van der Waals surface area contributed by atoms with Crippen LogP contribution < -0.4 is 0 Å². The van der Waals surface area contributed by atoms with Crippen molar-refractivity contribution in [3.05, 3.63) is 23.8 Å². The standard InChI is InChI=1S/C29H48O/c1-6-21(20(2)3)9-7-8-10-22-12-14-26-25-13-11-23-19-24(30)15-17-29(23,5)27(25)16-18-28(22,26)4/h7,9,11,20-22,24-27,30H,6,8,10,12-19H2,1-5H3/b9-7+/t21?,22-,24-,25-,26-,27-,28+,29-/m0/s1. The molecule has 3 fully saturated rings. The molecule has 4 rings (SSSR count). The zero-order chi connectivity index (χ0) is 21.5. The minimum Gasteiger partial charge on any atom is -0.393 e. The second-order valence-corrected chi connectivity index (χ2v) is 12.3. The van der Waals surface area contributed by atoms with Crippen LogP contribution in [0, 0.1) is 46.3 Å². The molecule has 0 heterocycles. The van der Waals surface area contributed by atoms with E-state index in [1.54, 1.807) is 5.57 Å². The number of aliphatic hydroxyl groups is 1. The molecular weight excluding hydrogens is 364 g/mol. The van der Waals surface area contributed by atoms with E-state index in [0.29, 0.717) is 10.8 Å². The van der Waals surface area contributed by atoms with Crippen LogP contribution in [0.3, 0.4) is 0 Å². The second-order valence-electron chi connectivity index (χ2n) is 12.3. The highest BCUT2D eigenvalue weighted by atomic mass is 16.3. The fourth-order valence-corrected chi connectivity index (χ4v) is 8.62. The molecule has 0 aromatic carbocycles. The van der Waals surface area contributed by atoms with E-state index in [0.717, 1.165) is 48.3 Å². The molecule has 1 N–H and O–H groups in total. The van der Waals surface area contributed by atoms with Gasteiger partial charge < -0.3 is 5.11 Å². The molecule has 0 radical (unpaired) electrons. The van der Waals surface area contributed by atoms with Crippen molar-refractivity contribution in [1.82, 2.24) is 0 Å². The van der Waals surface area contributed by atoms with E-state index in [-0.39, 0.29) is 6.10 Å². The maximum Gasteiger partial charge on any atom is 0.0577 e. The molecule has 1 unspecified atom stereocenters. The minimum absolute atomic E-state index is 0.0818. The van der Waals surface area contributed by atoms with Crippen molar-refractivity contribution in [2.24, 2.45) is 46.3 Å². The summed E-state index contributed by atoms with van der Waals surface area (Å²) in [6.45, 7) is 12.3. The van der Waals surface area contributed by atoms with Gasteiger partial charge in [0, 0.05) is 0 Å². The van der Waals surface area contributed by atoms with Crippen molar-refractivity contribution in [3.8, 4) is 0 Å². The summed E-state index contributed by atoms with van der Waals surface area (Å²) in [6.07, 6.45) is 21.8. The number of hydrogen-bond donors (Lipinski definition) is 1. The fourth-order valence-electron chi connectivity index (χ4n) is 8.62. The fraction of sp³-hybridized carbons (Fsp3) is 0.862. The number of aliphatic hydroxyl groups excluding tert-OH is 1. The minimum atomic E-state index is -0.0818. The van der Waals surface area contributed by atoms with Crippen LogP contribution in [0.15, 0.2) is 23.8 Å². The van der Waals surface area contributed by atoms with Gasteiger partial charge in [-0.05, 0) is 117 Å². The van der Waals surface area contributed by atoms with Crippen LogP contribution in [-0.2, 0) is 0 Å². The Kier molecular flexibility index (Phi) is 6.61. The quantitative estimate of drug-likeness (QED) is 0.439. The zero-order valence-corrected chi connectivity index (χ0v) is 20.5. The molecule has 0 amide bonds. The Hall–Kier alpha value is -0.560. The van der Waals surface area contributed by atoms with E-state index in [1.165, 1.54) is 57.8 Å². The summed E-state index contributed by atoms with van der Waals surface area (Å²) >= 11 is 0. The van der Waals surface area contributed by atoms with Crippen molar-refractivity contribution in [2.45, 2.75) is 111 Å². The average molecular weight is 413 g/mol. The van der Waals surface area contributed by atoms with Crippen LogP contribution in [0.25, 0.3) is 0 Å². The van der Waals surface area contributed by atoms with Gasteiger partial charge in [0.15, 0.2) is 0 Å². The lowest BCUT2D eigenvalue weighted by Crippen LogP contribution is -2.50. The van der Waals surface area contributed by atoms with Gasteiger partial charge in [0.2, 0.25) is 0 Å². The van der Waals surface area contributed by atoms with Gasteiger partial charge in [0.05, 0.1) is 6.10 Å². The highest BCUT2D eigenvalue weighted by Crippen LogP contribution is 2.66. The highest BCUT2D eigenvalue weighted by molar-refractivity contribution is 5.25. The molecule has 0 spiro atoms. The predicted octanol–water partition coefficient (Wildman–Crippen LogP) is 7.94. The molecule has 4 aliphatic rings. The van der Waals surface area contributed by atoms with E-state index in [4.69, 9.17) is 0 Å². The van der Waals surface area contributed by atoms with Crippen LogP contribution in [0.5, 0.6) is 0 Å². The SMILES string of the molecule is CCC(/C=C/CC[C@H]1CC[C@H]2[C@@H]3CC=C4C[C@@H](O)CC[C@]4(C)[C@H]3CC[C@]12C)C(C)C. The number of hydrogen-bond acceptors (Lipinski definition) is 1. The van der Waals surface area contributed by atoms with Crippen LogP contribution in [-0.4, -0.2) is 11.2 Å². The Morgan fingerprint density at radius 3 is 2.63 bits per heavy atom. The molecule has 4 aliphatic carbocycles. The van der Waals surface area contributed by atoms with Gasteiger partial charge in [0.1, 0.15) is 0 Å². The summed E-state index contributed by atoms with van der Waals surface area (Å²) < 4.78 is 0. The van der Waals surface area contributed by atoms with Crippen LogP contribution in [0.1, 0.15) is 105 Å². The monoisotopic (exact) mass is 412 g/mol. The van der Waals surface area contributed by atoms with Crippen molar-refractivity contribution < 1.29 is 5.11 Å². The molecule has 0 bridgehead atoms. The third-order valence-electron chi connectivity index (χ3n) is 10.7. The third kappa shape index (κ3) is 3.87. The summed E-state index contributed by atoms with van der Waals surface area (Å²) in [5.41, 5.74) is 2.57. The summed E-state index contributed by atoms with van der Waals surface area (Å²) in [4.78, 5) is 0. The normalized spacial score (nSPS) is 44.5. The highest BCUT2D eigenvalue weighted by Gasteiger charge is 2.58. The van der Waals surface area contributed by atoms with Gasteiger partial charge in [-0.1, -0.05) is 58.4 Å². The summed E-state index contributed by atoms with van der Waals surface area (Å²) in [5.74, 6) is 5.16.